The number of carbonyl (C=O) groups is 3. The molecule has 7 N–H and O–H groups in total. The van der Waals surface area contributed by atoms with Crippen molar-refractivity contribution < 1.29 is 50.9 Å². The SMILES string of the molecule is NC(=O)Cc1ccc(F)cc1.NC(=O)Cc1ccc(O)cc1.NC(=O)Cc1ccc(O[O-])cc1.O=S.O=S(=O)=O. The van der Waals surface area contributed by atoms with E-state index in [9.17, 15) is 24.0 Å². The van der Waals surface area contributed by atoms with Crippen LogP contribution in [0.3, 0.4) is 0 Å². The van der Waals surface area contributed by atoms with Gasteiger partial charge >= 0.3 is 10.6 Å². The van der Waals surface area contributed by atoms with Gasteiger partial charge in [-0.3, -0.25) is 14.4 Å². The summed E-state index contributed by atoms with van der Waals surface area (Å²) in [6.45, 7) is 0. The molecule has 0 radical (unpaired) electrons. The first-order valence-electron chi connectivity index (χ1n) is 10.5. The average molecular weight is 599 g/mol. The first-order chi connectivity index (χ1) is 18.8. The Morgan fingerprint density at radius 1 is 0.700 bits per heavy atom. The first-order valence-corrected chi connectivity index (χ1v) is 11.8. The van der Waals surface area contributed by atoms with Gasteiger partial charge in [0.05, 0.1) is 19.3 Å². The molecule has 0 aliphatic heterocycles. The van der Waals surface area contributed by atoms with Crippen molar-refractivity contribution in [3.8, 4) is 11.5 Å². The number of aromatic hydroxyl groups is 1. The van der Waals surface area contributed by atoms with Gasteiger partial charge in [0, 0.05) is 0 Å². The van der Waals surface area contributed by atoms with Crippen molar-refractivity contribution in [3.63, 3.8) is 0 Å². The molecule has 3 aromatic rings. The van der Waals surface area contributed by atoms with Crippen LogP contribution in [0.2, 0.25) is 0 Å². The first kappa shape index (κ1) is 37.4. The summed E-state index contributed by atoms with van der Waals surface area (Å²) >= 11 is 2.83. The zero-order valence-corrected chi connectivity index (χ0v) is 22.2. The summed E-state index contributed by atoms with van der Waals surface area (Å²) in [5.41, 5.74) is 17.2. The predicted molar refractivity (Wildman–Crippen MR) is 138 cm³/mol. The van der Waals surface area contributed by atoms with Gasteiger partial charge in [-0.2, -0.15) is 4.21 Å². The Morgan fingerprint density at radius 3 is 1.25 bits per heavy atom. The minimum Gasteiger partial charge on any atom is -0.664 e. The number of hydrogen-bond donors (Lipinski definition) is 4. The van der Waals surface area contributed by atoms with E-state index in [1.807, 2.05) is 0 Å². The lowest BCUT2D eigenvalue weighted by atomic mass is 10.1. The van der Waals surface area contributed by atoms with Gasteiger partial charge in [0.25, 0.3) is 0 Å². The van der Waals surface area contributed by atoms with E-state index in [0.29, 0.717) is 0 Å². The van der Waals surface area contributed by atoms with Gasteiger partial charge in [-0.05, 0) is 53.1 Å². The van der Waals surface area contributed by atoms with Gasteiger partial charge in [0.2, 0.25) is 17.7 Å². The van der Waals surface area contributed by atoms with Crippen LogP contribution < -0.4 is 27.3 Å². The molecule has 0 atom stereocenters. The third-order valence-electron chi connectivity index (χ3n) is 4.00. The maximum atomic E-state index is 12.3. The fraction of sp³-hybridized carbons (Fsp3) is 0.125. The summed E-state index contributed by atoms with van der Waals surface area (Å²) in [6.07, 6.45) is 0.569. The number of amides is 3. The fourth-order valence-corrected chi connectivity index (χ4v) is 2.48. The molecule has 0 heterocycles. The molecule has 0 aliphatic carbocycles. The van der Waals surface area contributed by atoms with E-state index in [-0.39, 0.29) is 42.5 Å². The highest BCUT2D eigenvalue weighted by Gasteiger charge is 1.98. The Hall–Kier alpha value is -4.80. The molecule has 3 aromatic carbocycles. The van der Waals surface area contributed by atoms with E-state index in [1.165, 1.54) is 36.4 Å². The van der Waals surface area contributed by atoms with Gasteiger partial charge in [-0.15, -0.1) is 12.6 Å². The second-order valence-corrected chi connectivity index (χ2v) is 7.56. The molecule has 40 heavy (non-hydrogen) atoms. The summed E-state index contributed by atoms with van der Waals surface area (Å²) in [5.74, 6) is -1.06. The highest BCUT2D eigenvalue weighted by Crippen LogP contribution is 2.10. The summed E-state index contributed by atoms with van der Waals surface area (Å²) < 4.78 is 45.5. The number of nitrogens with two attached hydrogens (primary N) is 3. The maximum Gasteiger partial charge on any atom is 0.425 e. The number of carbonyl (C=O) groups excluding carboxylic acids is 3. The number of phenols is 1. The van der Waals surface area contributed by atoms with Gasteiger partial charge in [-0.25, -0.2) is 4.39 Å². The Bertz CT molecular complexity index is 1230. The minimum atomic E-state index is -3.11. The Morgan fingerprint density at radius 2 is 0.975 bits per heavy atom. The van der Waals surface area contributed by atoms with Crippen LogP contribution in [-0.4, -0.2) is 39.7 Å². The van der Waals surface area contributed by atoms with Gasteiger partial charge in [0.1, 0.15) is 17.3 Å². The van der Waals surface area contributed by atoms with Gasteiger partial charge in [-0.1, -0.05) is 36.4 Å². The van der Waals surface area contributed by atoms with Crippen molar-refractivity contribution in [2.45, 2.75) is 19.3 Å². The lowest BCUT2D eigenvalue weighted by molar-refractivity contribution is -0.635. The Balaban J connectivity index is 0. The largest absolute Gasteiger partial charge is 0.664 e. The highest BCUT2D eigenvalue weighted by molar-refractivity contribution is 7.59. The van der Waals surface area contributed by atoms with E-state index in [1.54, 1.807) is 36.4 Å². The zero-order valence-electron chi connectivity index (χ0n) is 20.6. The second kappa shape index (κ2) is 22.2. The number of primary amides is 3. The predicted octanol–water partition coefficient (Wildman–Crippen LogP) is -0.698. The van der Waals surface area contributed by atoms with Crippen LogP contribution in [-0.2, 0) is 56.8 Å². The lowest BCUT2D eigenvalue weighted by Gasteiger charge is -2.07. The van der Waals surface area contributed by atoms with Crippen LogP contribution in [0.5, 0.6) is 11.5 Å². The van der Waals surface area contributed by atoms with Crippen molar-refractivity contribution in [1.82, 2.24) is 0 Å². The van der Waals surface area contributed by atoms with E-state index >= 15 is 0 Å². The molecule has 0 fully saturated rings. The Labute approximate surface area is 234 Å². The summed E-state index contributed by atoms with van der Waals surface area (Å²) in [5, 5.41) is 18.7. The molecule has 3 rings (SSSR count). The second-order valence-electron chi connectivity index (χ2n) is 7.15. The molecule has 0 unspecified atom stereocenters. The maximum absolute atomic E-state index is 12.3. The molecule has 13 nitrogen and oxygen atoms in total. The van der Waals surface area contributed by atoms with E-state index < -0.39 is 22.4 Å². The monoisotopic (exact) mass is 598 g/mol. The summed E-state index contributed by atoms with van der Waals surface area (Å²) in [6, 6.07) is 18.3. The quantitative estimate of drug-likeness (QED) is 0.195. The van der Waals surface area contributed by atoms with E-state index in [0.717, 1.165) is 16.7 Å². The number of rotatable bonds is 7. The molecule has 0 saturated heterocycles. The van der Waals surface area contributed by atoms with Crippen LogP contribution in [0.15, 0.2) is 72.8 Å². The highest BCUT2D eigenvalue weighted by atomic mass is 32.2. The molecule has 0 aliphatic rings. The molecular weight excluding hydrogens is 573 g/mol. The molecule has 0 aromatic heterocycles. The molecule has 0 spiro atoms. The third-order valence-corrected chi connectivity index (χ3v) is 4.00. The van der Waals surface area contributed by atoms with Crippen molar-refractivity contribution in [2.75, 3.05) is 0 Å². The molecular formula is C24H25FN3O10S2-. The van der Waals surface area contributed by atoms with Crippen LogP contribution in [0.1, 0.15) is 16.7 Å². The van der Waals surface area contributed by atoms with Gasteiger partial charge in [0.15, 0.2) is 12.5 Å². The van der Waals surface area contributed by atoms with Crippen molar-refractivity contribution >= 4 is 40.9 Å². The fourth-order valence-electron chi connectivity index (χ4n) is 2.48. The van der Waals surface area contributed by atoms with E-state index in [4.69, 9.17) is 39.1 Å². The number of hydrogen-bond acceptors (Lipinski definition) is 11. The smallest absolute Gasteiger partial charge is 0.425 e. The van der Waals surface area contributed by atoms with Crippen molar-refractivity contribution in [3.05, 3.63) is 95.3 Å². The van der Waals surface area contributed by atoms with Crippen LogP contribution in [0.25, 0.3) is 0 Å². The average Bonchev–Trinajstić information content (AvgIpc) is 2.88. The van der Waals surface area contributed by atoms with Crippen LogP contribution in [0, 0.1) is 5.82 Å². The number of phenolic OH excluding ortho intramolecular Hbond substituents is 1. The Kier molecular flexibility index (Phi) is 20.7. The zero-order chi connectivity index (χ0) is 31.1. The molecule has 216 valence electrons. The number of benzene rings is 3. The van der Waals surface area contributed by atoms with Crippen molar-refractivity contribution in [2.24, 2.45) is 17.2 Å². The summed E-state index contributed by atoms with van der Waals surface area (Å²) in [7, 11) is -3.11. The summed E-state index contributed by atoms with van der Waals surface area (Å²) in [4.78, 5) is 35.0. The van der Waals surface area contributed by atoms with Crippen molar-refractivity contribution in [1.29, 1.82) is 0 Å². The normalized spacial score (nSPS) is 8.75. The van der Waals surface area contributed by atoms with Crippen LogP contribution >= 0.6 is 0 Å². The number of halogens is 1. The third kappa shape index (κ3) is 22.4. The minimum absolute atomic E-state index is 0.167. The van der Waals surface area contributed by atoms with E-state index in [2.05, 4.69) is 17.4 Å². The lowest BCUT2D eigenvalue weighted by Crippen LogP contribution is -2.13. The topological polar surface area (TPSA) is 250 Å². The van der Waals surface area contributed by atoms with Gasteiger partial charge < -0.3 is 32.5 Å². The standard InChI is InChI=1S/C8H8FNO.C8H9NO3.C8H9NO2.O3S.OS/c9-7-3-1-6(2-4-7)5-8(10)11;9-8(10)5-6-1-3-7(12-11)4-2-6;9-8(11)5-6-1-3-7(10)4-2-6;1-4(2)3;1-2/h1-4H,5H2,(H2,10,11);1-4,11H,5H2,(H2,9,10);1-4,10H,5H2,(H2,9,11);;/p-1. The molecule has 16 heteroatoms. The molecule has 0 bridgehead atoms. The van der Waals surface area contributed by atoms with Crippen LogP contribution in [0.4, 0.5) is 4.39 Å². The molecule has 0 saturated carbocycles. The molecule has 3 amide bonds.